The molecule has 2 aromatic rings. The van der Waals surface area contributed by atoms with Crippen molar-refractivity contribution in [3.05, 3.63) is 34.2 Å². The third-order valence-corrected chi connectivity index (χ3v) is 4.23. The van der Waals surface area contributed by atoms with Gasteiger partial charge in [-0.05, 0) is 19.1 Å². The third-order valence-electron chi connectivity index (χ3n) is 3.26. The van der Waals surface area contributed by atoms with E-state index in [1.54, 1.807) is 0 Å². The maximum absolute atomic E-state index is 12.0. The highest BCUT2D eigenvalue weighted by Gasteiger charge is 2.21. The highest BCUT2D eigenvalue weighted by molar-refractivity contribution is 7.12. The lowest BCUT2D eigenvalue weighted by Gasteiger charge is -2.17. The van der Waals surface area contributed by atoms with E-state index in [9.17, 15) is 9.59 Å². The summed E-state index contributed by atoms with van der Waals surface area (Å²) in [4.78, 5) is 28.5. The number of amides is 2. The molecule has 0 bridgehead atoms. The van der Waals surface area contributed by atoms with Crippen molar-refractivity contribution < 1.29 is 9.59 Å². The number of nitrogens with zero attached hydrogens (tertiary/aromatic N) is 1. The molecule has 0 aliphatic rings. The first kappa shape index (κ1) is 17.1. The van der Waals surface area contributed by atoms with Crippen molar-refractivity contribution in [3.8, 4) is 11.3 Å². The lowest BCUT2D eigenvalue weighted by Crippen LogP contribution is -2.27. The fraction of sp³-hybridized carbons (Fsp3) is 0.353. The molecule has 0 unspecified atom stereocenters. The summed E-state index contributed by atoms with van der Waals surface area (Å²) in [7, 11) is 0. The number of nitrogens with one attached hydrogen (secondary N) is 1. The minimum Gasteiger partial charge on any atom is -0.369 e. The van der Waals surface area contributed by atoms with Crippen molar-refractivity contribution in [2.45, 2.75) is 34.1 Å². The number of benzene rings is 1. The number of carbonyl (C=O) groups excluding carboxylic acids is 2. The Morgan fingerprint density at radius 3 is 2.35 bits per heavy atom. The Hall–Kier alpha value is -2.21. The summed E-state index contributed by atoms with van der Waals surface area (Å²) in [6.45, 7) is 7.58. The van der Waals surface area contributed by atoms with Crippen LogP contribution in [0.15, 0.2) is 24.3 Å². The van der Waals surface area contributed by atoms with E-state index in [0.29, 0.717) is 0 Å². The lowest BCUT2D eigenvalue weighted by molar-refractivity contribution is -0.123. The predicted octanol–water partition coefficient (Wildman–Crippen LogP) is 3.13. The smallest absolute Gasteiger partial charge is 0.229 e. The Bertz CT molecular complexity index is 727. The van der Waals surface area contributed by atoms with Gasteiger partial charge in [-0.25, -0.2) is 4.98 Å². The predicted molar refractivity (Wildman–Crippen MR) is 93.3 cm³/mol. The summed E-state index contributed by atoms with van der Waals surface area (Å²) in [5.74, 6) is -0.413. The van der Waals surface area contributed by atoms with Gasteiger partial charge >= 0.3 is 0 Å². The van der Waals surface area contributed by atoms with Crippen LogP contribution in [0, 0.1) is 12.3 Å². The van der Waals surface area contributed by atoms with E-state index in [-0.39, 0.29) is 18.2 Å². The molecule has 122 valence electrons. The molecule has 0 aliphatic carbocycles. The summed E-state index contributed by atoms with van der Waals surface area (Å²) in [5, 5.41) is 3.61. The van der Waals surface area contributed by atoms with Crippen LogP contribution in [-0.4, -0.2) is 16.8 Å². The van der Waals surface area contributed by atoms with Crippen molar-refractivity contribution in [3.63, 3.8) is 0 Å². The molecule has 1 heterocycles. The number of aromatic nitrogens is 1. The zero-order valence-corrected chi connectivity index (χ0v) is 14.6. The molecule has 2 amide bonds. The summed E-state index contributed by atoms with van der Waals surface area (Å²) < 4.78 is 0. The second-order valence-corrected chi connectivity index (χ2v) is 7.72. The van der Waals surface area contributed by atoms with Crippen molar-refractivity contribution in [2.75, 3.05) is 5.32 Å². The third kappa shape index (κ3) is 4.39. The highest BCUT2D eigenvalue weighted by atomic mass is 32.1. The fourth-order valence-corrected chi connectivity index (χ4v) is 2.94. The quantitative estimate of drug-likeness (QED) is 0.902. The van der Waals surface area contributed by atoms with Gasteiger partial charge in [-0.15, -0.1) is 11.3 Å². The molecule has 6 heteroatoms. The minimum absolute atomic E-state index is 0.0289. The van der Waals surface area contributed by atoms with Crippen LogP contribution < -0.4 is 11.1 Å². The average molecular weight is 331 g/mol. The first-order chi connectivity index (χ1) is 10.7. The van der Waals surface area contributed by atoms with Crippen molar-refractivity contribution in [2.24, 2.45) is 11.1 Å². The summed E-state index contributed by atoms with van der Waals surface area (Å²) in [6, 6.07) is 7.53. The van der Waals surface area contributed by atoms with Crippen LogP contribution in [-0.2, 0) is 16.0 Å². The van der Waals surface area contributed by atoms with Gasteiger partial charge in [-0.2, -0.15) is 0 Å². The molecule has 1 aromatic heterocycles. The molecule has 0 radical (unpaired) electrons. The van der Waals surface area contributed by atoms with Gasteiger partial charge in [0.25, 0.3) is 0 Å². The molecule has 0 aliphatic heterocycles. The second kappa shape index (κ2) is 6.50. The van der Waals surface area contributed by atoms with Crippen LogP contribution in [0.25, 0.3) is 11.3 Å². The van der Waals surface area contributed by atoms with Crippen LogP contribution in [0.5, 0.6) is 0 Å². The molecule has 0 fully saturated rings. The van der Waals surface area contributed by atoms with Gasteiger partial charge in [0, 0.05) is 21.5 Å². The first-order valence-electron chi connectivity index (χ1n) is 7.33. The maximum atomic E-state index is 12.0. The van der Waals surface area contributed by atoms with Crippen LogP contribution in [0.4, 0.5) is 5.69 Å². The van der Waals surface area contributed by atoms with Crippen molar-refractivity contribution in [1.82, 2.24) is 4.98 Å². The van der Waals surface area contributed by atoms with E-state index >= 15 is 0 Å². The summed E-state index contributed by atoms with van der Waals surface area (Å²) >= 11 is 1.47. The molecular formula is C17H21N3O2S. The topological polar surface area (TPSA) is 85.1 Å². The zero-order valence-electron chi connectivity index (χ0n) is 13.8. The number of primary amides is 1. The summed E-state index contributed by atoms with van der Waals surface area (Å²) in [5.41, 5.74) is 7.32. The number of thiazole rings is 1. The Kier molecular flexibility index (Phi) is 4.85. The molecule has 0 spiro atoms. The molecular weight excluding hydrogens is 310 g/mol. The molecule has 0 saturated carbocycles. The van der Waals surface area contributed by atoms with Crippen LogP contribution in [0.1, 0.15) is 30.7 Å². The largest absolute Gasteiger partial charge is 0.369 e. The Morgan fingerprint density at radius 1 is 1.22 bits per heavy atom. The fourth-order valence-electron chi connectivity index (χ4n) is 1.97. The van der Waals surface area contributed by atoms with E-state index in [2.05, 4.69) is 10.3 Å². The summed E-state index contributed by atoms with van der Waals surface area (Å²) in [6.07, 6.45) is 0.158. The number of carbonyl (C=O) groups is 2. The number of aryl methyl sites for hydroxylation is 1. The monoisotopic (exact) mass is 331 g/mol. The number of anilines is 1. The zero-order chi connectivity index (χ0) is 17.2. The number of hydrogen-bond donors (Lipinski definition) is 2. The average Bonchev–Trinajstić information content (AvgIpc) is 2.78. The van der Waals surface area contributed by atoms with Crippen molar-refractivity contribution in [1.29, 1.82) is 0 Å². The van der Waals surface area contributed by atoms with Crippen molar-refractivity contribution >= 4 is 28.8 Å². The lowest BCUT2D eigenvalue weighted by atomic mass is 9.95. The van der Waals surface area contributed by atoms with E-state index in [4.69, 9.17) is 5.73 Å². The van der Waals surface area contributed by atoms with E-state index in [1.165, 1.54) is 11.3 Å². The number of rotatable bonds is 4. The standard InChI is InChI=1S/C17H21N3O2S/c1-10-15(20-14(23-10)9-13(18)21)11-5-7-12(8-6-11)19-16(22)17(2,3)4/h5-8H,9H2,1-4H3,(H2,18,21)(H,19,22). The van der Waals surface area contributed by atoms with Gasteiger partial charge in [0.2, 0.25) is 11.8 Å². The number of hydrogen-bond acceptors (Lipinski definition) is 4. The van der Waals surface area contributed by atoms with Gasteiger partial charge < -0.3 is 11.1 Å². The Labute approximate surface area is 139 Å². The molecule has 0 saturated heterocycles. The molecule has 23 heavy (non-hydrogen) atoms. The van der Waals surface area contributed by atoms with E-state index in [1.807, 2.05) is 52.0 Å². The second-order valence-electron chi connectivity index (χ2n) is 6.44. The SMILES string of the molecule is Cc1sc(CC(N)=O)nc1-c1ccc(NC(=O)C(C)(C)C)cc1. The van der Waals surface area contributed by atoms with Gasteiger partial charge in [-0.3, -0.25) is 9.59 Å². The Morgan fingerprint density at radius 2 is 1.83 bits per heavy atom. The highest BCUT2D eigenvalue weighted by Crippen LogP contribution is 2.29. The Balaban J connectivity index is 2.18. The van der Waals surface area contributed by atoms with Gasteiger partial charge in [0.15, 0.2) is 0 Å². The van der Waals surface area contributed by atoms with Gasteiger partial charge in [0.05, 0.1) is 12.1 Å². The van der Waals surface area contributed by atoms with Crippen LogP contribution >= 0.6 is 11.3 Å². The maximum Gasteiger partial charge on any atom is 0.229 e. The normalized spacial score (nSPS) is 11.3. The van der Waals surface area contributed by atoms with Crippen LogP contribution in [0.3, 0.4) is 0 Å². The molecule has 2 rings (SSSR count). The van der Waals surface area contributed by atoms with Gasteiger partial charge in [-0.1, -0.05) is 32.9 Å². The minimum atomic E-state index is -0.437. The molecule has 1 aromatic carbocycles. The molecule has 0 atom stereocenters. The molecule has 5 nitrogen and oxygen atoms in total. The van der Waals surface area contributed by atoms with E-state index < -0.39 is 5.41 Å². The first-order valence-corrected chi connectivity index (χ1v) is 8.15. The molecule has 3 N–H and O–H groups in total. The van der Waals surface area contributed by atoms with E-state index in [0.717, 1.165) is 26.8 Å². The number of nitrogens with two attached hydrogens (primary N) is 1. The van der Waals surface area contributed by atoms with Gasteiger partial charge in [0.1, 0.15) is 5.01 Å². The van der Waals surface area contributed by atoms with Crippen LogP contribution in [0.2, 0.25) is 0 Å².